The van der Waals surface area contributed by atoms with Crippen LogP contribution >= 0.6 is 23.1 Å². The van der Waals surface area contributed by atoms with Crippen molar-refractivity contribution < 1.29 is 4.79 Å². The van der Waals surface area contributed by atoms with Gasteiger partial charge in [0.2, 0.25) is 0 Å². The number of thiophene rings is 1. The predicted octanol–water partition coefficient (Wildman–Crippen LogP) is 2.72. The summed E-state index contributed by atoms with van der Waals surface area (Å²) in [4.78, 5) is 24.3. The van der Waals surface area contributed by atoms with Gasteiger partial charge in [-0.3, -0.25) is 9.36 Å². The molecule has 0 unspecified atom stereocenters. The van der Waals surface area contributed by atoms with Crippen molar-refractivity contribution in [2.75, 3.05) is 5.75 Å². The van der Waals surface area contributed by atoms with E-state index in [0.717, 1.165) is 35.0 Å². The van der Waals surface area contributed by atoms with Crippen LogP contribution < -0.4 is 5.69 Å². The molecule has 106 valence electrons. The number of rotatable bonds is 7. The standard InChI is InChI=1S/C13H15N3O2S2/c17-10(11-4-2-7-19-11)3-1-8-20-13-15-14-12(18)16(13)9-5-6-9/h2,4,7,9H,1,3,5-6,8H2,(H,14,18). The molecule has 0 spiro atoms. The lowest BCUT2D eigenvalue weighted by atomic mass is 10.2. The summed E-state index contributed by atoms with van der Waals surface area (Å²) in [5.74, 6) is 0.996. The Hall–Kier alpha value is -1.34. The minimum atomic E-state index is -0.121. The van der Waals surface area contributed by atoms with Crippen LogP contribution in [0.4, 0.5) is 0 Å². The van der Waals surface area contributed by atoms with Gasteiger partial charge in [0.15, 0.2) is 10.9 Å². The van der Waals surface area contributed by atoms with E-state index in [1.807, 2.05) is 17.5 Å². The van der Waals surface area contributed by atoms with E-state index in [-0.39, 0.29) is 11.5 Å². The first-order valence-corrected chi connectivity index (χ1v) is 8.48. The second-order valence-corrected chi connectivity index (χ2v) is 6.77. The number of hydrogen-bond donors (Lipinski definition) is 1. The highest BCUT2D eigenvalue weighted by molar-refractivity contribution is 7.99. The highest BCUT2D eigenvalue weighted by atomic mass is 32.2. The maximum Gasteiger partial charge on any atom is 0.344 e. The van der Waals surface area contributed by atoms with Gasteiger partial charge in [0, 0.05) is 18.2 Å². The topological polar surface area (TPSA) is 67.8 Å². The molecular weight excluding hydrogens is 294 g/mol. The third kappa shape index (κ3) is 3.04. The highest BCUT2D eigenvalue weighted by Crippen LogP contribution is 2.36. The minimum Gasteiger partial charge on any atom is -0.293 e. The zero-order chi connectivity index (χ0) is 13.9. The van der Waals surface area contributed by atoms with Crippen molar-refractivity contribution in [1.82, 2.24) is 14.8 Å². The molecule has 0 bridgehead atoms. The second kappa shape index (κ2) is 5.97. The number of carbonyl (C=O) groups excluding carboxylic acids is 1. The summed E-state index contributed by atoms with van der Waals surface area (Å²) in [7, 11) is 0. The van der Waals surface area contributed by atoms with Crippen molar-refractivity contribution in [3.05, 3.63) is 32.9 Å². The zero-order valence-corrected chi connectivity index (χ0v) is 12.5. The van der Waals surface area contributed by atoms with Gasteiger partial charge in [-0.05, 0) is 30.7 Å². The minimum absolute atomic E-state index is 0.121. The smallest absolute Gasteiger partial charge is 0.293 e. The Morgan fingerprint density at radius 3 is 3.10 bits per heavy atom. The number of carbonyl (C=O) groups is 1. The van der Waals surface area contributed by atoms with Crippen molar-refractivity contribution in [3.8, 4) is 0 Å². The van der Waals surface area contributed by atoms with Gasteiger partial charge in [0.25, 0.3) is 0 Å². The molecule has 1 aliphatic carbocycles. The SMILES string of the molecule is O=C(CCCSc1n[nH]c(=O)n1C1CC1)c1cccs1. The molecule has 0 aromatic carbocycles. The number of hydrogen-bond acceptors (Lipinski definition) is 5. The van der Waals surface area contributed by atoms with Crippen LogP contribution in [0.5, 0.6) is 0 Å². The Labute approximate surface area is 124 Å². The van der Waals surface area contributed by atoms with E-state index < -0.39 is 0 Å². The fourth-order valence-corrected chi connectivity index (χ4v) is 3.65. The molecular formula is C13H15N3O2S2. The maximum atomic E-state index is 11.8. The molecule has 0 aliphatic heterocycles. The van der Waals surface area contributed by atoms with Crippen LogP contribution in [0, 0.1) is 0 Å². The monoisotopic (exact) mass is 309 g/mol. The molecule has 2 aromatic rings. The van der Waals surface area contributed by atoms with E-state index in [1.165, 1.54) is 11.3 Å². The summed E-state index contributed by atoms with van der Waals surface area (Å²) in [6.45, 7) is 0. The first kappa shape index (κ1) is 13.6. The summed E-state index contributed by atoms with van der Waals surface area (Å²) in [6.07, 6.45) is 3.46. The van der Waals surface area contributed by atoms with Crippen LogP contribution in [0.2, 0.25) is 0 Å². The molecule has 1 N–H and O–H groups in total. The van der Waals surface area contributed by atoms with Crippen molar-refractivity contribution in [3.63, 3.8) is 0 Å². The van der Waals surface area contributed by atoms with E-state index in [4.69, 9.17) is 0 Å². The van der Waals surface area contributed by atoms with Crippen molar-refractivity contribution in [2.24, 2.45) is 0 Å². The number of ketones is 1. The summed E-state index contributed by atoms with van der Waals surface area (Å²) in [5.41, 5.74) is -0.121. The summed E-state index contributed by atoms with van der Waals surface area (Å²) < 4.78 is 1.74. The molecule has 0 radical (unpaired) electrons. The molecule has 7 heteroatoms. The molecule has 0 amide bonds. The Kier molecular flexibility index (Phi) is 4.07. The van der Waals surface area contributed by atoms with Crippen LogP contribution in [0.25, 0.3) is 0 Å². The van der Waals surface area contributed by atoms with E-state index in [1.54, 1.807) is 16.3 Å². The van der Waals surface area contributed by atoms with Gasteiger partial charge < -0.3 is 0 Å². The van der Waals surface area contributed by atoms with E-state index in [0.29, 0.717) is 12.5 Å². The number of H-pyrrole nitrogens is 1. The molecule has 5 nitrogen and oxygen atoms in total. The van der Waals surface area contributed by atoms with Crippen LogP contribution in [0.3, 0.4) is 0 Å². The Bertz CT molecular complexity index is 641. The van der Waals surface area contributed by atoms with Crippen LogP contribution in [0.1, 0.15) is 41.4 Å². The first-order chi connectivity index (χ1) is 9.75. The van der Waals surface area contributed by atoms with E-state index in [9.17, 15) is 9.59 Å². The number of aromatic amines is 1. The third-order valence-electron chi connectivity index (χ3n) is 3.16. The predicted molar refractivity (Wildman–Crippen MR) is 79.7 cm³/mol. The lowest BCUT2D eigenvalue weighted by Crippen LogP contribution is -2.16. The highest BCUT2D eigenvalue weighted by Gasteiger charge is 2.28. The third-order valence-corrected chi connectivity index (χ3v) is 5.11. The lowest BCUT2D eigenvalue weighted by molar-refractivity contribution is 0.0986. The normalized spacial score (nSPS) is 14.6. The molecule has 0 atom stereocenters. The Morgan fingerprint density at radius 2 is 2.40 bits per heavy atom. The van der Waals surface area contributed by atoms with Gasteiger partial charge >= 0.3 is 5.69 Å². The molecule has 2 aromatic heterocycles. The van der Waals surface area contributed by atoms with Gasteiger partial charge in [0.05, 0.1) is 4.88 Å². The van der Waals surface area contributed by atoms with E-state index in [2.05, 4.69) is 10.2 Å². The first-order valence-electron chi connectivity index (χ1n) is 6.62. The Morgan fingerprint density at radius 1 is 1.55 bits per heavy atom. The molecule has 20 heavy (non-hydrogen) atoms. The molecule has 1 aliphatic rings. The van der Waals surface area contributed by atoms with Crippen LogP contribution in [0.15, 0.2) is 27.5 Å². The van der Waals surface area contributed by atoms with Gasteiger partial charge in [-0.25, -0.2) is 9.89 Å². The van der Waals surface area contributed by atoms with Crippen molar-refractivity contribution in [2.45, 2.75) is 36.9 Å². The number of Topliss-reactive ketones (excluding diaryl/α,β-unsaturated/α-hetero) is 1. The number of nitrogens with zero attached hydrogens (tertiary/aromatic N) is 2. The fraction of sp³-hybridized carbons (Fsp3) is 0.462. The number of aromatic nitrogens is 3. The van der Waals surface area contributed by atoms with Crippen molar-refractivity contribution in [1.29, 1.82) is 0 Å². The van der Waals surface area contributed by atoms with Crippen LogP contribution in [-0.2, 0) is 0 Å². The van der Waals surface area contributed by atoms with Gasteiger partial charge in [0.1, 0.15) is 0 Å². The molecule has 0 saturated heterocycles. The molecule has 2 heterocycles. The van der Waals surface area contributed by atoms with Crippen LogP contribution in [-0.4, -0.2) is 26.3 Å². The van der Waals surface area contributed by atoms with Crippen molar-refractivity contribution >= 4 is 28.9 Å². The van der Waals surface area contributed by atoms with Gasteiger partial charge in [-0.2, -0.15) is 0 Å². The van der Waals surface area contributed by atoms with E-state index >= 15 is 0 Å². The summed E-state index contributed by atoms with van der Waals surface area (Å²) in [6, 6.07) is 4.08. The second-order valence-electron chi connectivity index (χ2n) is 4.77. The summed E-state index contributed by atoms with van der Waals surface area (Å²) >= 11 is 3.03. The summed E-state index contributed by atoms with van der Waals surface area (Å²) in [5, 5.41) is 9.22. The molecule has 1 saturated carbocycles. The quantitative estimate of drug-likeness (QED) is 0.485. The van der Waals surface area contributed by atoms with Gasteiger partial charge in [-0.1, -0.05) is 17.8 Å². The largest absolute Gasteiger partial charge is 0.344 e. The molecule has 1 fully saturated rings. The lowest BCUT2D eigenvalue weighted by Gasteiger charge is -2.02. The average molecular weight is 309 g/mol. The zero-order valence-electron chi connectivity index (χ0n) is 10.9. The fourth-order valence-electron chi connectivity index (χ4n) is 2.00. The van der Waals surface area contributed by atoms with Gasteiger partial charge in [-0.15, -0.1) is 16.4 Å². The maximum absolute atomic E-state index is 11.8. The molecule has 3 rings (SSSR count). The number of thioether (sulfide) groups is 1. The average Bonchev–Trinajstić information content (AvgIpc) is 2.99. The Balaban J connectivity index is 1.48. The number of nitrogens with one attached hydrogen (secondary N) is 1.